The van der Waals surface area contributed by atoms with Crippen LogP contribution >= 0.6 is 0 Å². The number of amides is 1. The standard InChI is InChI=1S/C14H13N3O2/c15-13-16-12(18)14(17-13,9-11-7-4-8-19-11)10-5-2-1-3-6-10/h1-8H,9H2,(H3,15,16,17,18)/t14-/m1/s1. The van der Waals surface area contributed by atoms with E-state index in [4.69, 9.17) is 10.2 Å². The number of nitrogens with zero attached hydrogens (tertiary/aromatic N) is 1. The Kier molecular flexibility index (Phi) is 2.59. The highest BCUT2D eigenvalue weighted by Gasteiger charge is 2.45. The van der Waals surface area contributed by atoms with Crippen LogP contribution in [0, 0.1) is 0 Å². The minimum atomic E-state index is -1.04. The summed E-state index contributed by atoms with van der Waals surface area (Å²) < 4.78 is 5.34. The quantitative estimate of drug-likeness (QED) is 0.863. The molecule has 0 aliphatic carbocycles. The molecule has 2 heterocycles. The van der Waals surface area contributed by atoms with Gasteiger partial charge in [0.1, 0.15) is 5.76 Å². The molecule has 96 valence electrons. The molecule has 1 amide bonds. The smallest absolute Gasteiger partial charge is 0.259 e. The summed E-state index contributed by atoms with van der Waals surface area (Å²) in [4.78, 5) is 16.6. The zero-order valence-electron chi connectivity index (χ0n) is 10.2. The molecule has 1 aromatic carbocycles. The van der Waals surface area contributed by atoms with Gasteiger partial charge in [-0.2, -0.15) is 0 Å². The van der Waals surface area contributed by atoms with Crippen molar-refractivity contribution >= 4 is 11.9 Å². The van der Waals surface area contributed by atoms with Crippen LogP contribution in [0.4, 0.5) is 0 Å². The number of nitrogens with two attached hydrogens (primary N) is 1. The molecule has 0 saturated heterocycles. The molecule has 0 radical (unpaired) electrons. The van der Waals surface area contributed by atoms with Crippen molar-refractivity contribution in [3.8, 4) is 0 Å². The molecule has 5 heteroatoms. The minimum absolute atomic E-state index is 0.139. The summed E-state index contributed by atoms with van der Waals surface area (Å²) in [5.41, 5.74) is 5.41. The van der Waals surface area contributed by atoms with E-state index in [0.717, 1.165) is 5.56 Å². The molecule has 1 aliphatic heterocycles. The molecule has 0 unspecified atom stereocenters. The highest BCUT2D eigenvalue weighted by molar-refractivity contribution is 6.07. The van der Waals surface area contributed by atoms with Crippen molar-refractivity contribution in [2.75, 3.05) is 0 Å². The van der Waals surface area contributed by atoms with Gasteiger partial charge in [-0.15, -0.1) is 0 Å². The molecule has 1 atom stereocenters. The lowest BCUT2D eigenvalue weighted by atomic mass is 9.86. The summed E-state index contributed by atoms with van der Waals surface area (Å²) in [6.07, 6.45) is 1.92. The van der Waals surface area contributed by atoms with Gasteiger partial charge in [0.2, 0.25) is 0 Å². The second-order valence-corrected chi connectivity index (χ2v) is 4.43. The van der Waals surface area contributed by atoms with Crippen molar-refractivity contribution < 1.29 is 9.21 Å². The highest BCUT2D eigenvalue weighted by Crippen LogP contribution is 2.33. The number of hydrogen-bond acceptors (Lipinski definition) is 4. The van der Waals surface area contributed by atoms with Crippen LogP contribution in [0.3, 0.4) is 0 Å². The predicted molar refractivity (Wildman–Crippen MR) is 70.3 cm³/mol. The van der Waals surface area contributed by atoms with Crippen molar-refractivity contribution in [2.24, 2.45) is 10.7 Å². The number of hydrogen-bond donors (Lipinski definition) is 2. The van der Waals surface area contributed by atoms with Crippen molar-refractivity contribution in [3.63, 3.8) is 0 Å². The Morgan fingerprint density at radius 2 is 2.00 bits per heavy atom. The summed E-state index contributed by atoms with van der Waals surface area (Å²) in [5, 5.41) is 2.57. The molecule has 0 fully saturated rings. The molecule has 0 bridgehead atoms. The Hall–Kier alpha value is -2.56. The summed E-state index contributed by atoms with van der Waals surface area (Å²) in [6, 6.07) is 13.0. The van der Waals surface area contributed by atoms with Gasteiger partial charge in [0, 0.05) is 6.42 Å². The van der Waals surface area contributed by atoms with Crippen molar-refractivity contribution in [1.82, 2.24) is 5.32 Å². The van der Waals surface area contributed by atoms with E-state index >= 15 is 0 Å². The van der Waals surface area contributed by atoms with Crippen molar-refractivity contribution in [1.29, 1.82) is 0 Å². The normalized spacial score (nSPS) is 22.1. The maximum absolute atomic E-state index is 12.3. The summed E-state index contributed by atoms with van der Waals surface area (Å²) >= 11 is 0. The molecule has 1 aliphatic rings. The Labute approximate surface area is 110 Å². The van der Waals surface area contributed by atoms with Crippen molar-refractivity contribution in [3.05, 3.63) is 60.1 Å². The van der Waals surface area contributed by atoms with Gasteiger partial charge in [-0.3, -0.25) is 10.1 Å². The SMILES string of the molecule is NC1=N[C@](Cc2ccco2)(c2ccccc2)C(=O)N1. The lowest BCUT2D eigenvalue weighted by Crippen LogP contribution is -2.40. The van der Waals surface area contributed by atoms with E-state index in [2.05, 4.69) is 10.3 Å². The number of rotatable bonds is 3. The van der Waals surface area contributed by atoms with Gasteiger partial charge in [0.05, 0.1) is 6.26 Å². The molecule has 2 aromatic rings. The minimum Gasteiger partial charge on any atom is -0.469 e. The summed E-state index contributed by atoms with van der Waals surface area (Å²) in [6.45, 7) is 0. The van der Waals surface area contributed by atoms with Crippen molar-refractivity contribution in [2.45, 2.75) is 12.0 Å². The van der Waals surface area contributed by atoms with E-state index < -0.39 is 5.54 Å². The molecule has 3 rings (SSSR count). The average molecular weight is 255 g/mol. The monoisotopic (exact) mass is 255 g/mol. The molecule has 0 saturated carbocycles. The molecule has 5 nitrogen and oxygen atoms in total. The number of furan rings is 1. The third-order valence-corrected chi connectivity index (χ3v) is 3.19. The first-order valence-electron chi connectivity index (χ1n) is 5.95. The summed E-state index contributed by atoms with van der Waals surface area (Å²) in [7, 11) is 0. The number of nitrogens with one attached hydrogen (secondary N) is 1. The Morgan fingerprint density at radius 1 is 1.21 bits per heavy atom. The molecule has 19 heavy (non-hydrogen) atoms. The van der Waals surface area contributed by atoms with E-state index in [1.807, 2.05) is 36.4 Å². The number of guanidine groups is 1. The first-order chi connectivity index (χ1) is 9.21. The average Bonchev–Trinajstić information content (AvgIpc) is 3.00. The first kappa shape index (κ1) is 11.5. The third-order valence-electron chi connectivity index (χ3n) is 3.19. The predicted octanol–water partition coefficient (Wildman–Crippen LogP) is 1.16. The van der Waals surface area contributed by atoms with Crippen LogP contribution in [0.15, 0.2) is 58.1 Å². The van der Waals surface area contributed by atoms with E-state index in [0.29, 0.717) is 12.2 Å². The molecule has 1 aromatic heterocycles. The van der Waals surface area contributed by atoms with Gasteiger partial charge in [-0.1, -0.05) is 30.3 Å². The fourth-order valence-corrected chi connectivity index (χ4v) is 2.30. The Morgan fingerprint density at radius 3 is 2.58 bits per heavy atom. The van der Waals surface area contributed by atoms with E-state index in [1.54, 1.807) is 12.3 Å². The number of carbonyl (C=O) groups excluding carboxylic acids is 1. The zero-order valence-corrected chi connectivity index (χ0v) is 10.2. The van der Waals surface area contributed by atoms with Crippen LogP contribution < -0.4 is 11.1 Å². The van der Waals surface area contributed by atoms with Gasteiger partial charge < -0.3 is 10.2 Å². The van der Waals surface area contributed by atoms with E-state index in [-0.39, 0.29) is 11.9 Å². The fourth-order valence-electron chi connectivity index (χ4n) is 2.30. The van der Waals surface area contributed by atoms with E-state index in [1.165, 1.54) is 0 Å². The van der Waals surface area contributed by atoms with Crippen LogP contribution in [0.1, 0.15) is 11.3 Å². The van der Waals surface area contributed by atoms with Crippen LogP contribution in [-0.4, -0.2) is 11.9 Å². The van der Waals surface area contributed by atoms with E-state index in [9.17, 15) is 4.79 Å². The maximum Gasteiger partial charge on any atom is 0.259 e. The largest absolute Gasteiger partial charge is 0.469 e. The van der Waals surface area contributed by atoms with Crippen LogP contribution in [-0.2, 0) is 16.8 Å². The second kappa shape index (κ2) is 4.28. The molecule has 3 N–H and O–H groups in total. The number of benzene rings is 1. The van der Waals surface area contributed by atoms with Crippen LogP contribution in [0.2, 0.25) is 0 Å². The van der Waals surface area contributed by atoms with Gasteiger partial charge in [-0.25, -0.2) is 4.99 Å². The van der Waals surface area contributed by atoms with Gasteiger partial charge in [0.15, 0.2) is 11.5 Å². The maximum atomic E-state index is 12.3. The Bertz CT molecular complexity index is 619. The van der Waals surface area contributed by atoms with Crippen LogP contribution in [0.25, 0.3) is 0 Å². The topological polar surface area (TPSA) is 80.6 Å². The Balaban J connectivity index is 2.09. The molecule has 0 spiro atoms. The lowest BCUT2D eigenvalue weighted by Gasteiger charge is -2.22. The number of carbonyl (C=O) groups is 1. The summed E-state index contributed by atoms with van der Waals surface area (Å²) in [5.74, 6) is 0.602. The highest BCUT2D eigenvalue weighted by atomic mass is 16.3. The first-order valence-corrected chi connectivity index (χ1v) is 5.95. The number of aliphatic imine (C=N–C) groups is 1. The zero-order chi connectivity index (χ0) is 13.3. The third kappa shape index (κ3) is 1.89. The fraction of sp³-hybridized carbons (Fsp3) is 0.143. The second-order valence-electron chi connectivity index (χ2n) is 4.43. The molecular formula is C14H13N3O2. The molecular weight excluding hydrogens is 242 g/mol. The lowest BCUT2D eigenvalue weighted by molar-refractivity contribution is -0.124. The van der Waals surface area contributed by atoms with Gasteiger partial charge >= 0.3 is 0 Å². The van der Waals surface area contributed by atoms with Gasteiger partial charge in [0.25, 0.3) is 5.91 Å². The van der Waals surface area contributed by atoms with Crippen LogP contribution in [0.5, 0.6) is 0 Å². The van der Waals surface area contributed by atoms with Gasteiger partial charge in [-0.05, 0) is 17.7 Å².